The Morgan fingerprint density at radius 2 is 1.79 bits per heavy atom. The Morgan fingerprint density at radius 1 is 1.12 bits per heavy atom. The van der Waals surface area contributed by atoms with Crippen LogP contribution in [-0.4, -0.2) is 35.0 Å². The van der Waals surface area contributed by atoms with Gasteiger partial charge in [0, 0.05) is 12.6 Å². The van der Waals surface area contributed by atoms with E-state index in [1.807, 2.05) is 6.92 Å². The number of hydrogen-bond acceptors (Lipinski definition) is 8. The summed E-state index contributed by atoms with van der Waals surface area (Å²) in [5, 5.41) is 11.6. The maximum Gasteiger partial charge on any atom is 0.265 e. The standard InChI is InChI=1S/C20H22N4O7S2/c1-4-16-19(20(31-23-16)22-12(2)25)13-5-10-17(30-3)18(11-13)33(28,29)24-14-6-8-15(9-7-14)32(21,26)27/h5-11,24H,4H2,1-3H3,(H,22,25)(H2,21,26,27). The van der Waals surface area contributed by atoms with E-state index < -0.39 is 20.0 Å². The lowest BCUT2D eigenvalue weighted by Crippen LogP contribution is -2.15. The number of rotatable bonds is 8. The summed E-state index contributed by atoms with van der Waals surface area (Å²) < 4.78 is 62.0. The highest BCUT2D eigenvalue weighted by Crippen LogP contribution is 2.36. The van der Waals surface area contributed by atoms with Gasteiger partial charge in [0.05, 0.1) is 23.3 Å². The van der Waals surface area contributed by atoms with Crippen molar-refractivity contribution in [2.75, 3.05) is 17.1 Å². The van der Waals surface area contributed by atoms with E-state index in [4.69, 9.17) is 14.4 Å². The van der Waals surface area contributed by atoms with Crippen molar-refractivity contribution in [3.63, 3.8) is 0 Å². The lowest BCUT2D eigenvalue weighted by Gasteiger charge is -2.14. The number of amides is 1. The number of benzene rings is 2. The van der Waals surface area contributed by atoms with E-state index in [1.165, 1.54) is 50.4 Å². The molecule has 2 aromatic carbocycles. The molecule has 0 bridgehead atoms. The molecular formula is C20H22N4O7S2. The second-order valence-electron chi connectivity index (χ2n) is 6.91. The van der Waals surface area contributed by atoms with Crippen molar-refractivity contribution in [1.82, 2.24) is 5.16 Å². The maximum atomic E-state index is 13.2. The number of ether oxygens (including phenoxy) is 1. The molecule has 0 aliphatic carbocycles. The Hall–Kier alpha value is -3.42. The van der Waals surface area contributed by atoms with Gasteiger partial charge in [-0.05, 0) is 48.4 Å². The largest absolute Gasteiger partial charge is 0.495 e. The Balaban J connectivity index is 2.06. The van der Waals surface area contributed by atoms with Gasteiger partial charge in [0.1, 0.15) is 10.6 Å². The number of nitrogens with two attached hydrogens (primary N) is 1. The minimum absolute atomic E-state index is 0.0722. The van der Waals surface area contributed by atoms with Crippen molar-refractivity contribution in [3.8, 4) is 16.9 Å². The maximum absolute atomic E-state index is 13.2. The van der Waals surface area contributed by atoms with Crippen LogP contribution in [0.5, 0.6) is 5.75 Å². The summed E-state index contributed by atoms with van der Waals surface area (Å²) in [6, 6.07) is 9.39. The summed E-state index contributed by atoms with van der Waals surface area (Å²) in [5.41, 5.74) is 1.53. The van der Waals surface area contributed by atoms with E-state index in [1.54, 1.807) is 6.07 Å². The van der Waals surface area contributed by atoms with E-state index in [0.717, 1.165) is 0 Å². The zero-order valence-electron chi connectivity index (χ0n) is 17.9. The van der Waals surface area contributed by atoms with Crippen molar-refractivity contribution in [1.29, 1.82) is 0 Å². The fraction of sp³-hybridized carbons (Fsp3) is 0.200. The van der Waals surface area contributed by atoms with Crippen LogP contribution >= 0.6 is 0 Å². The van der Waals surface area contributed by atoms with Crippen LogP contribution in [-0.2, 0) is 31.3 Å². The van der Waals surface area contributed by atoms with E-state index in [0.29, 0.717) is 23.2 Å². The third kappa shape index (κ3) is 5.32. The van der Waals surface area contributed by atoms with Gasteiger partial charge in [-0.2, -0.15) is 0 Å². The van der Waals surface area contributed by atoms with Crippen LogP contribution in [0.15, 0.2) is 56.8 Å². The van der Waals surface area contributed by atoms with Crippen molar-refractivity contribution in [3.05, 3.63) is 48.2 Å². The molecule has 1 heterocycles. The minimum atomic E-state index is -4.17. The normalized spacial score (nSPS) is 11.8. The van der Waals surface area contributed by atoms with Crippen molar-refractivity contribution in [2.45, 2.75) is 30.1 Å². The van der Waals surface area contributed by atoms with E-state index >= 15 is 0 Å². The third-order valence-electron chi connectivity index (χ3n) is 4.56. The fourth-order valence-electron chi connectivity index (χ4n) is 3.07. The quantitative estimate of drug-likeness (QED) is 0.428. The highest BCUT2D eigenvalue weighted by Gasteiger charge is 2.24. The number of carbonyl (C=O) groups is 1. The van der Waals surface area contributed by atoms with Crippen LogP contribution in [0.2, 0.25) is 0 Å². The number of carbonyl (C=O) groups excluding carboxylic acids is 1. The van der Waals surface area contributed by atoms with Crippen LogP contribution in [0.1, 0.15) is 19.5 Å². The van der Waals surface area contributed by atoms with E-state index in [-0.39, 0.29) is 33.0 Å². The van der Waals surface area contributed by atoms with Gasteiger partial charge in [-0.1, -0.05) is 18.1 Å². The molecule has 0 aliphatic heterocycles. The zero-order valence-corrected chi connectivity index (χ0v) is 19.6. The Kier molecular flexibility index (Phi) is 6.76. The summed E-state index contributed by atoms with van der Waals surface area (Å²) in [6.07, 6.45) is 0.473. The average Bonchev–Trinajstić information content (AvgIpc) is 3.14. The molecule has 0 saturated carbocycles. The smallest absolute Gasteiger partial charge is 0.265 e. The van der Waals surface area contributed by atoms with Gasteiger partial charge in [-0.3, -0.25) is 14.8 Å². The lowest BCUT2D eigenvalue weighted by molar-refractivity contribution is -0.114. The number of nitrogens with one attached hydrogen (secondary N) is 2. The molecule has 11 nitrogen and oxygen atoms in total. The Bertz CT molecular complexity index is 1400. The molecule has 0 radical (unpaired) electrons. The van der Waals surface area contributed by atoms with E-state index in [9.17, 15) is 21.6 Å². The molecule has 4 N–H and O–H groups in total. The number of primary sulfonamides is 1. The zero-order chi connectivity index (χ0) is 24.4. The minimum Gasteiger partial charge on any atom is -0.495 e. The molecule has 1 amide bonds. The van der Waals surface area contributed by atoms with Gasteiger partial charge in [0.2, 0.25) is 21.8 Å². The van der Waals surface area contributed by atoms with Crippen molar-refractivity contribution >= 4 is 37.5 Å². The first-order valence-corrected chi connectivity index (χ1v) is 12.6. The van der Waals surface area contributed by atoms with E-state index in [2.05, 4.69) is 15.2 Å². The second kappa shape index (κ2) is 9.21. The Labute approximate surface area is 191 Å². The summed E-state index contributed by atoms with van der Waals surface area (Å²) in [7, 11) is -6.76. The molecule has 3 rings (SSSR count). The molecule has 0 unspecified atom stereocenters. The summed E-state index contributed by atoms with van der Waals surface area (Å²) in [6.45, 7) is 3.15. The predicted octanol–water partition coefficient (Wildman–Crippen LogP) is 2.32. The number of aryl methyl sites for hydroxylation is 1. The number of nitrogens with zero attached hydrogens (tertiary/aromatic N) is 1. The number of anilines is 2. The Morgan fingerprint density at radius 3 is 2.33 bits per heavy atom. The van der Waals surface area contributed by atoms with Gasteiger partial charge >= 0.3 is 0 Å². The fourth-order valence-corrected chi connectivity index (χ4v) is 4.84. The van der Waals surface area contributed by atoms with Gasteiger partial charge < -0.3 is 9.26 Å². The molecular weight excluding hydrogens is 472 g/mol. The summed E-state index contributed by atoms with van der Waals surface area (Å²) in [5.74, 6) is -0.205. The number of aromatic nitrogens is 1. The highest BCUT2D eigenvalue weighted by molar-refractivity contribution is 7.92. The molecule has 176 valence electrons. The van der Waals surface area contributed by atoms with Crippen LogP contribution in [0, 0.1) is 0 Å². The molecule has 13 heteroatoms. The van der Waals surface area contributed by atoms with Crippen LogP contribution in [0.25, 0.3) is 11.1 Å². The molecule has 33 heavy (non-hydrogen) atoms. The molecule has 1 aromatic heterocycles. The van der Waals surface area contributed by atoms with Crippen molar-refractivity contribution < 1.29 is 30.9 Å². The molecule has 0 atom stereocenters. The summed E-state index contributed by atoms with van der Waals surface area (Å²) in [4.78, 5) is 11.2. The van der Waals surface area contributed by atoms with Gasteiger partial charge in [-0.25, -0.2) is 22.0 Å². The first-order chi connectivity index (χ1) is 15.5. The third-order valence-corrected chi connectivity index (χ3v) is 6.90. The molecule has 0 spiro atoms. The van der Waals surface area contributed by atoms with Gasteiger partial charge in [0.15, 0.2) is 0 Å². The summed E-state index contributed by atoms with van der Waals surface area (Å²) >= 11 is 0. The first kappa shape index (κ1) is 24.2. The molecule has 0 aliphatic rings. The number of methoxy groups -OCH3 is 1. The monoisotopic (exact) mass is 494 g/mol. The van der Waals surface area contributed by atoms with Crippen LogP contribution < -0.4 is 19.9 Å². The van der Waals surface area contributed by atoms with Crippen LogP contribution in [0.4, 0.5) is 11.6 Å². The lowest BCUT2D eigenvalue weighted by atomic mass is 10.0. The van der Waals surface area contributed by atoms with Crippen LogP contribution in [0.3, 0.4) is 0 Å². The first-order valence-electron chi connectivity index (χ1n) is 9.56. The number of sulfonamides is 2. The van der Waals surface area contributed by atoms with Gasteiger partial charge in [0.25, 0.3) is 10.0 Å². The van der Waals surface area contributed by atoms with Gasteiger partial charge in [-0.15, -0.1) is 0 Å². The topological polar surface area (TPSA) is 171 Å². The average molecular weight is 495 g/mol. The number of hydrogen-bond donors (Lipinski definition) is 3. The highest BCUT2D eigenvalue weighted by atomic mass is 32.2. The predicted molar refractivity (Wildman–Crippen MR) is 121 cm³/mol. The SMILES string of the molecule is CCc1noc(NC(C)=O)c1-c1ccc(OC)c(S(=O)(=O)Nc2ccc(S(N)(=O)=O)cc2)c1. The molecule has 0 fully saturated rings. The second-order valence-corrected chi connectivity index (χ2v) is 10.1. The molecule has 3 aromatic rings. The van der Waals surface area contributed by atoms with Crippen molar-refractivity contribution in [2.24, 2.45) is 5.14 Å². The molecule has 0 saturated heterocycles.